The Kier molecular flexibility index (Phi) is 4.90. The predicted molar refractivity (Wildman–Crippen MR) is 55.4 cm³/mol. The van der Waals surface area contributed by atoms with Gasteiger partial charge in [-0.25, -0.2) is 0 Å². The lowest BCUT2D eigenvalue weighted by Crippen LogP contribution is -2.38. The van der Waals surface area contributed by atoms with Crippen molar-refractivity contribution in [3.63, 3.8) is 0 Å². The number of likely N-dealkylation sites (tertiary alicyclic amines) is 1. The summed E-state index contributed by atoms with van der Waals surface area (Å²) in [7, 11) is 2.12. The van der Waals surface area contributed by atoms with Gasteiger partial charge in [-0.05, 0) is 26.4 Å². The van der Waals surface area contributed by atoms with Crippen molar-refractivity contribution in [3.8, 4) is 0 Å². The minimum atomic E-state index is -0.723. The van der Waals surface area contributed by atoms with Gasteiger partial charge in [-0.3, -0.25) is 4.79 Å². The molecule has 1 unspecified atom stereocenters. The van der Waals surface area contributed by atoms with Crippen LogP contribution in [0.2, 0.25) is 0 Å². The van der Waals surface area contributed by atoms with Crippen molar-refractivity contribution in [2.24, 2.45) is 0 Å². The van der Waals surface area contributed by atoms with E-state index in [1.807, 2.05) is 0 Å². The van der Waals surface area contributed by atoms with Crippen LogP contribution in [-0.4, -0.2) is 48.7 Å². The van der Waals surface area contributed by atoms with Crippen molar-refractivity contribution in [2.75, 3.05) is 26.7 Å². The van der Waals surface area contributed by atoms with Crippen LogP contribution in [0.15, 0.2) is 0 Å². The van der Waals surface area contributed by atoms with E-state index in [4.69, 9.17) is 5.11 Å². The number of hydrogen-bond acceptors (Lipinski definition) is 3. The van der Waals surface area contributed by atoms with E-state index >= 15 is 0 Å². The van der Waals surface area contributed by atoms with E-state index in [0.29, 0.717) is 12.6 Å². The Morgan fingerprint density at radius 2 is 2.36 bits per heavy atom. The van der Waals surface area contributed by atoms with Crippen molar-refractivity contribution in [3.05, 3.63) is 0 Å². The number of aliphatic carboxylic acids is 1. The highest BCUT2D eigenvalue weighted by atomic mass is 16.4. The van der Waals surface area contributed by atoms with Gasteiger partial charge in [-0.15, -0.1) is 0 Å². The molecular formula is C10H20N2O2. The Balaban J connectivity index is 2.18. The summed E-state index contributed by atoms with van der Waals surface area (Å²) in [6, 6.07) is 0.474. The molecule has 0 bridgehead atoms. The molecule has 82 valence electrons. The van der Waals surface area contributed by atoms with Crippen LogP contribution in [0.1, 0.15) is 25.7 Å². The number of carboxylic acids is 1. The number of carboxylic acid groups (broad SMARTS) is 1. The van der Waals surface area contributed by atoms with Crippen LogP contribution < -0.4 is 5.32 Å². The fourth-order valence-electron chi connectivity index (χ4n) is 1.88. The van der Waals surface area contributed by atoms with Gasteiger partial charge in [0.05, 0.1) is 6.42 Å². The monoisotopic (exact) mass is 200 g/mol. The van der Waals surface area contributed by atoms with Crippen molar-refractivity contribution < 1.29 is 9.90 Å². The maximum absolute atomic E-state index is 10.3. The molecule has 1 rings (SSSR count). The standard InChI is InChI=1S/C10H20N2O2/c1-12-7-3-2-4-9(8-12)11-6-5-10(13)14/h9,11H,2-8H2,1H3,(H,13,14). The Bertz CT molecular complexity index is 185. The summed E-state index contributed by atoms with van der Waals surface area (Å²) < 4.78 is 0. The van der Waals surface area contributed by atoms with Crippen LogP contribution in [0.25, 0.3) is 0 Å². The zero-order valence-corrected chi connectivity index (χ0v) is 8.83. The molecule has 1 saturated heterocycles. The number of nitrogens with zero attached hydrogens (tertiary/aromatic N) is 1. The molecule has 1 heterocycles. The van der Waals surface area contributed by atoms with Gasteiger partial charge < -0.3 is 15.3 Å². The van der Waals surface area contributed by atoms with Crippen molar-refractivity contribution in [1.82, 2.24) is 10.2 Å². The van der Waals surface area contributed by atoms with Gasteiger partial charge in [0.1, 0.15) is 0 Å². The molecule has 4 heteroatoms. The molecule has 1 aliphatic heterocycles. The van der Waals surface area contributed by atoms with Gasteiger partial charge in [0.25, 0.3) is 0 Å². The molecule has 4 nitrogen and oxygen atoms in total. The number of carbonyl (C=O) groups is 1. The average molecular weight is 200 g/mol. The fourth-order valence-corrected chi connectivity index (χ4v) is 1.88. The minimum absolute atomic E-state index is 0.222. The normalized spacial score (nSPS) is 24.5. The lowest BCUT2D eigenvalue weighted by atomic mass is 10.1. The maximum Gasteiger partial charge on any atom is 0.304 e. The summed E-state index contributed by atoms with van der Waals surface area (Å²) in [4.78, 5) is 12.6. The largest absolute Gasteiger partial charge is 0.481 e. The highest BCUT2D eigenvalue weighted by Crippen LogP contribution is 2.08. The zero-order chi connectivity index (χ0) is 10.4. The summed E-state index contributed by atoms with van der Waals surface area (Å²) in [5.41, 5.74) is 0. The summed E-state index contributed by atoms with van der Waals surface area (Å²) in [5.74, 6) is -0.723. The summed E-state index contributed by atoms with van der Waals surface area (Å²) in [6.07, 6.45) is 3.90. The third-order valence-electron chi connectivity index (χ3n) is 2.65. The molecule has 0 aliphatic carbocycles. The van der Waals surface area contributed by atoms with Crippen LogP contribution in [-0.2, 0) is 4.79 Å². The van der Waals surface area contributed by atoms with Crippen LogP contribution in [0, 0.1) is 0 Å². The molecular weight excluding hydrogens is 180 g/mol. The van der Waals surface area contributed by atoms with E-state index in [1.54, 1.807) is 0 Å². The van der Waals surface area contributed by atoms with Crippen LogP contribution >= 0.6 is 0 Å². The first-order chi connectivity index (χ1) is 6.68. The first-order valence-electron chi connectivity index (χ1n) is 5.32. The third-order valence-corrected chi connectivity index (χ3v) is 2.65. The average Bonchev–Trinajstić information content (AvgIpc) is 2.29. The van der Waals surface area contributed by atoms with Gasteiger partial charge in [0.2, 0.25) is 0 Å². The number of rotatable bonds is 4. The van der Waals surface area contributed by atoms with E-state index in [1.165, 1.54) is 19.3 Å². The first kappa shape index (κ1) is 11.5. The van der Waals surface area contributed by atoms with Gasteiger partial charge in [-0.2, -0.15) is 0 Å². The van der Waals surface area contributed by atoms with Gasteiger partial charge in [0, 0.05) is 19.1 Å². The zero-order valence-electron chi connectivity index (χ0n) is 8.83. The van der Waals surface area contributed by atoms with E-state index in [-0.39, 0.29) is 6.42 Å². The smallest absolute Gasteiger partial charge is 0.304 e. The highest BCUT2D eigenvalue weighted by Gasteiger charge is 2.14. The van der Waals surface area contributed by atoms with Crippen LogP contribution in [0.4, 0.5) is 0 Å². The molecule has 14 heavy (non-hydrogen) atoms. The Morgan fingerprint density at radius 3 is 3.07 bits per heavy atom. The van der Waals surface area contributed by atoms with Crippen molar-refractivity contribution in [1.29, 1.82) is 0 Å². The molecule has 1 fully saturated rings. The van der Waals surface area contributed by atoms with Gasteiger partial charge >= 0.3 is 5.97 Å². The molecule has 0 saturated carbocycles. The molecule has 1 atom stereocenters. The topological polar surface area (TPSA) is 52.6 Å². The van der Waals surface area contributed by atoms with Crippen molar-refractivity contribution in [2.45, 2.75) is 31.7 Å². The maximum atomic E-state index is 10.3. The van der Waals surface area contributed by atoms with Gasteiger partial charge in [-0.1, -0.05) is 6.42 Å². The van der Waals surface area contributed by atoms with E-state index in [0.717, 1.165) is 13.1 Å². The molecule has 0 aromatic heterocycles. The fraction of sp³-hybridized carbons (Fsp3) is 0.900. The van der Waals surface area contributed by atoms with E-state index < -0.39 is 5.97 Å². The molecule has 1 aliphatic rings. The Morgan fingerprint density at radius 1 is 1.57 bits per heavy atom. The Labute approximate surface area is 85.3 Å². The second-order valence-electron chi connectivity index (χ2n) is 4.05. The number of likely N-dealkylation sites (N-methyl/N-ethyl adjacent to an activating group) is 1. The summed E-state index contributed by atoms with van der Waals surface area (Å²) in [6.45, 7) is 2.80. The Hall–Kier alpha value is -0.610. The second kappa shape index (κ2) is 5.98. The quantitative estimate of drug-likeness (QED) is 0.695. The molecule has 0 spiro atoms. The van der Waals surface area contributed by atoms with E-state index in [2.05, 4.69) is 17.3 Å². The SMILES string of the molecule is CN1CCCCC(NCCC(=O)O)C1. The molecule has 0 amide bonds. The number of nitrogens with one attached hydrogen (secondary N) is 1. The molecule has 0 aromatic rings. The van der Waals surface area contributed by atoms with Crippen LogP contribution in [0.3, 0.4) is 0 Å². The lowest BCUT2D eigenvalue weighted by molar-refractivity contribution is -0.136. The third kappa shape index (κ3) is 4.58. The molecule has 0 aromatic carbocycles. The van der Waals surface area contributed by atoms with Crippen molar-refractivity contribution >= 4 is 5.97 Å². The first-order valence-corrected chi connectivity index (χ1v) is 5.32. The summed E-state index contributed by atoms with van der Waals surface area (Å²) >= 11 is 0. The predicted octanol–water partition coefficient (Wildman–Crippen LogP) is 0.535. The second-order valence-corrected chi connectivity index (χ2v) is 4.05. The number of hydrogen-bond donors (Lipinski definition) is 2. The summed E-state index contributed by atoms with van der Waals surface area (Å²) in [5, 5.41) is 11.8. The lowest BCUT2D eigenvalue weighted by Gasteiger charge is -2.20. The van der Waals surface area contributed by atoms with Gasteiger partial charge in [0.15, 0.2) is 0 Å². The molecule has 2 N–H and O–H groups in total. The van der Waals surface area contributed by atoms with Crippen LogP contribution in [0.5, 0.6) is 0 Å². The highest BCUT2D eigenvalue weighted by molar-refractivity contribution is 5.66. The minimum Gasteiger partial charge on any atom is -0.481 e. The molecule has 0 radical (unpaired) electrons. The van der Waals surface area contributed by atoms with E-state index in [9.17, 15) is 4.79 Å².